The van der Waals surface area contributed by atoms with Gasteiger partial charge in [0, 0.05) is 12.0 Å². The highest BCUT2D eigenvalue weighted by Crippen LogP contribution is 2.38. The van der Waals surface area contributed by atoms with Crippen molar-refractivity contribution in [1.29, 1.82) is 0 Å². The summed E-state index contributed by atoms with van der Waals surface area (Å²) in [6.45, 7) is 0. The van der Waals surface area contributed by atoms with Crippen LogP contribution < -0.4 is 4.72 Å². The number of nitrogens with zero attached hydrogens (tertiary/aromatic N) is 2. The first-order valence-corrected chi connectivity index (χ1v) is 13.0. The summed E-state index contributed by atoms with van der Waals surface area (Å²) >= 11 is 0. The summed E-state index contributed by atoms with van der Waals surface area (Å²) < 4.78 is 67.4. The molecule has 4 rings (SSSR count). The molecule has 1 aliphatic rings. The van der Waals surface area contributed by atoms with Gasteiger partial charge in [0.1, 0.15) is 5.82 Å². The largest absolute Gasteiger partial charge is 0.283 e. The molecule has 1 N–H and O–H groups in total. The number of hydrazone groups is 1. The van der Waals surface area contributed by atoms with Gasteiger partial charge >= 0.3 is 0 Å². The van der Waals surface area contributed by atoms with Crippen LogP contribution in [0.5, 0.6) is 0 Å². The SMILES string of the molecule is CS(=O)(=O)Nc1ccccc1C1=NN(S(=O)(=O)c2ccccc2)[C@H](c2ccc(F)cc2)C1. The molecule has 1 atom stereocenters. The van der Waals surface area contributed by atoms with Crippen molar-refractivity contribution in [2.45, 2.75) is 17.4 Å². The predicted molar refractivity (Wildman–Crippen MR) is 121 cm³/mol. The average Bonchev–Trinajstić information content (AvgIpc) is 3.20. The Morgan fingerprint density at radius 3 is 2.19 bits per heavy atom. The van der Waals surface area contributed by atoms with E-state index in [1.165, 1.54) is 36.4 Å². The molecule has 10 heteroatoms. The maximum atomic E-state index is 13.5. The van der Waals surface area contributed by atoms with Crippen LogP contribution in [-0.4, -0.2) is 33.2 Å². The average molecular weight is 474 g/mol. The molecule has 0 aromatic heterocycles. The Morgan fingerprint density at radius 1 is 0.906 bits per heavy atom. The van der Waals surface area contributed by atoms with Gasteiger partial charge in [0.2, 0.25) is 10.0 Å². The second-order valence-corrected chi connectivity index (χ2v) is 10.9. The molecule has 3 aromatic carbocycles. The smallest absolute Gasteiger partial charge is 0.279 e. The van der Waals surface area contributed by atoms with Crippen LogP contribution in [0.3, 0.4) is 0 Å². The Balaban J connectivity index is 1.83. The Kier molecular flexibility index (Phi) is 5.74. The van der Waals surface area contributed by atoms with Crippen molar-refractivity contribution in [2.75, 3.05) is 11.0 Å². The second-order valence-electron chi connectivity index (χ2n) is 7.33. The van der Waals surface area contributed by atoms with Crippen molar-refractivity contribution < 1.29 is 21.2 Å². The van der Waals surface area contributed by atoms with E-state index in [1.807, 2.05) is 0 Å². The van der Waals surface area contributed by atoms with Crippen LogP contribution in [0.15, 0.2) is 88.9 Å². The fourth-order valence-electron chi connectivity index (χ4n) is 3.53. The molecule has 1 aliphatic heterocycles. The van der Waals surface area contributed by atoms with Gasteiger partial charge in [-0.15, -0.1) is 0 Å². The molecule has 0 saturated carbocycles. The third-order valence-corrected chi connectivity index (χ3v) is 7.24. The molecule has 0 aliphatic carbocycles. The molecule has 0 fully saturated rings. The maximum Gasteiger partial charge on any atom is 0.279 e. The standard InChI is InChI=1S/C22H20FN3O4S2/c1-31(27,28)25-20-10-6-5-9-19(20)21-15-22(16-11-13-17(23)14-12-16)26(24-21)32(29,30)18-7-3-2-4-8-18/h2-14,22,25H,15H2,1H3/t22-/m0/s1. The number of anilines is 1. The van der Waals surface area contributed by atoms with E-state index in [-0.39, 0.29) is 11.3 Å². The number of sulfonamides is 2. The van der Waals surface area contributed by atoms with Crippen molar-refractivity contribution in [1.82, 2.24) is 4.41 Å². The molecule has 0 saturated heterocycles. The number of rotatable bonds is 6. The molecular formula is C22H20FN3O4S2. The summed E-state index contributed by atoms with van der Waals surface area (Å²) in [5.41, 5.74) is 1.73. The van der Waals surface area contributed by atoms with Crippen LogP contribution in [-0.2, 0) is 20.0 Å². The molecule has 166 valence electrons. The highest BCUT2D eigenvalue weighted by atomic mass is 32.2. The lowest BCUT2D eigenvalue weighted by Gasteiger charge is -2.23. The van der Waals surface area contributed by atoms with E-state index < -0.39 is 31.9 Å². The third-order valence-electron chi connectivity index (χ3n) is 4.95. The number of hydrogen-bond donors (Lipinski definition) is 1. The van der Waals surface area contributed by atoms with Gasteiger partial charge in [0.25, 0.3) is 10.0 Å². The minimum absolute atomic E-state index is 0.0691. The van der Waals surface area contributed by atoms with Crippen LogP contribution in [0.1, 0.15) is 23.6 Å². The number of nitrogens with one attached hydrogen (secondary N) is 1. The number of benzene rings is 3. The summed E-state index contributed by atoms with van der Waals surface area (Å²) in [5, 5.41) is 4.41. The second kappa shape index (κ2) is 8.36. The summed E-state index contributed by atoms with van der Waals surface area (Å²) in [6.07, 6.45) is 1.22. The zero-order valence-corrected chi connectivity index (χ0v) is 18.6. The van der Waals surface area contributed by atoms with Crippen LogP contribution in [0.2, 0.25) is 0 Å². The maximum absolute atomic E-state index is 13.5. The summed E-state index contributed by atoms with van der Waals surface area (Å²) in [7, 11) is -7.58. The van der Waals surface area contributed by atoms with E-state index in [4.69, 9.17) is 0 Å². The molecule has 0 radical (unpaired) electrons. The Morgan fingerprint density at radius 2 is 1.53 bits per heavy atom. The molecular weight excluding hydrogens is 453 g/mol. The van der Waals surface area contributed by atoms with Gasteiger partial charge in [-0.05, 0) is 35.9 Å². The van der Waals surface area contributed by atoms with E-state index in [2.05, 4.69) is 9.82 Å². The van der Waals surface area contributed by atoms with Gasteiger partial charge in [0.05, 0.1) is 28.6 Å². The summed E-state index contributed by atoms with van der Waals surface area (Å²) in [4.78, 5) is 0.0691. The topological polar surface area (TPSA) is 95.9 Å². The third kappa shape index (κ3) is 4.51. The minimum atomic E-state index is -4.02. The van der Waals surface area contributed by atoms with Crippen molar-refractivity contribution in [3.63, 3.8) is 0 Å². The Hall–Kier alpha value is -3.24. The Labute approximate surface area is 186 Å². The molecule has 0 spiro atoms. The number of halogens is 1. The lowest BCUT2D eigenvalue weighted by Crippen LogP contribution is -2.27. The zero-order valence-electron chi connectivity index (χ0n) is 17.0. The molecule has 3 aromatic rings. The fraction of sp³-hybridized carbons (Fsp3) is 0.136. The van der Waals surface area contributed by atoms with Gasteiger partial charge in [-0.3, -0.25) is 4.72 Å². The normalized spacial score (nSPS) is 16.6. The quantitative estimate of drug-likeness (QED) is 0.590. The first kappa shape index (κ1) is 22.0. The molecule has 7 nitrogen and oxygen atoms in total. The molecule has 1 heterocycles. The lowest BCUT2D eigenvalue weighted by atomic mass is 9.98. The number of para-hydroxylation sites is 1. The fourth-order valence-corrected chi connectivity index (χ4v) is 5.56. The van der Waals surface area contributed by atoms with E-state index in [1.54, 1.807) is 42.5 Å². The van der Waals surface area contributed by atoms with E-state index >= 15 is 0 Å². The van der Waals surface area contributed by atoms with E-state index in [0.717, 1.165) is 10.7 Å². The monoisotopic (exact) mass is 473 g/mol. The highest BCUT2D eigenvalue weighted by Gasteiger charge is 2.38. The molecule has 0 unspecified atom stereocenters. The van der Waals surface area contributed by atoms with Crippen molar-refractivity contribution >= 4 is 31.4 Å². The van der Waals surface area contributed by atoms with Gasteiger partial charge in [-0.25, -0.2) is 12.8 Å². The van der Waals surface area contributed by atoms with Gasteiger partial charge in [-0.1, -0.05) is 48.5 Å². The van der Waals surface area contributed by atoms with Gasteiger partial charge in [-0.2, -0.15) is 17.9 Å². The zero-order chi connectivity index (χ0) is 22.9. The lowest BCUT2D eigenvalue weighted by molar-refractivity contribution is 0.371. The van der Waals surface area contributed by atoms with Crippen LogP contribution in [0, 0.1) is 5.82 Å². The first-order valence-electron chi connectivity index (χ1n) is 9.65. The molecule has 0 amide bonds. The summed E-state index contributed by atoms with van der Waals surface area (Å²) in [5.74, 6) is -0.437. The van der Waals surface area contributed by atoms with Crippen LogP contribution in [0.4, 0.5) is 10.1 Å². The van der Waals surface area contributed by atoms with E-state index in [9.17, 15) is 21.2 Å². The Bertz CT molecular complexity index is 1370. The minimum Gasteiger partial charge on any atom is -0.283 e. The van der Waals surface area contributed by atoms with Crippen LogP contribution in [0.25, 0.3) is 0 Å². The highest BCUT2D eigenvalue weighted by molar-refractivity contribution is 7.92. The van der Waals surface area contributed by atoms with Crippen LogP contribution >= 0.6 is 0 Å². The van der Waals surface area contributed by atoms with Crippen molar-refractivity contribution in [3.8, 4) is 0 Å². The van der Waals surface area contributed by atoms with Gasteiger partial charge < -0.3 is 0 Å². The first-order chi connectivity index (χ1) is 15.1. The number of hydrogen-bond acceptors (Lipinski definition) is 5. The molecule has 32 heavy (non-hydrogen) atoms. The van der Waals surface area contributed by atoms with Crippen molar-refractivity contribution in [3.05, 3.63) is 95.8 Å². The van der Waals surface area contributed by atoms with E-state index in [0.29, 0.717) is 22.5 Å². The van der Waals surface area contributed by atoms with Crippen molar-refractivity contribution in [2.24, 2.45) is 5.10 Å². The molecule has 0 bridgehead atoms. The predicted octanol–water partition coefficient (Wildman–Crippen LogP) is 3.74. The van der Waals surface area contributed by atoms with Gasteiger partial charge in [0.15, 0.2) is 0 Å². The summed E-state index contributed by atoms with van der Waals surface area (Å²) in [6, 6.07) is 19.4.